The predicted molar refractivity (Wildman–Crippen MR) is 101 cm³/mol. The third-order valence-corrected chi connectivity index (χ3v) is 4.39. The van der Waals surface area contributed by atoms with Gasteiger partial charge in [-0.2, -0.15) is 18.2 Å². The van der Waals surface area contributed by atoms with Gasteiger partial charge in [0.2, 0.25) is 0 Å². The van der Waals surface area contributed by atoms with E-state index in [0.717, 1.165) is 0 Å². The average molecular weight is 469 g/mol. The zero-order valence-electron chi connectivity index (χ0n) is 14.5. The van der Waals surface area contributed by atoms with Crippen molar-refractivity contribution >= 4 is 46.5 Å². The molecule has 11 heteroatoms. The third-order valence-electron chi connectivity index (χ3n) is 3.67. The Labute approximate surface area is 177 Å². The molecule has 5 nitrogen and oxygen atoms in total. The first-order valence-corrected chi connectivity index (χ1v) is 9.04. The SMILES string of the molecule is CC(=O)c1ccc(O/C(=N\C2(C(Cl)(Cl)Cl)Oc3ccccc3O2)C(F)(F)F)cc1. The number of rotatable bonds is 3. The Morgan fingerprint density at radius 3 is 1.93 bits per heavy atom. The van der Waals surface area contributed by atoms with Crippen molar-refractivity contribution in [3.63, 3.8) is 0 Å². The summed E-state index contributed by atoms with van der Waals surface area (Å²) in [6.07, 6.45) is -5.08. The lowest BCUT2D eigenvalue weighted by atomic mass is 10.1. The molecule has 2 aromatic carbocycles. The van der Waals surface area contributed by atoms with Crippen LogP contribution in [-0.4, -0.2) is 27.6 Å². The number of alkyl halides is 6. The summed E-state index contributed by atoms with van der Waals surface area (Å²) in [6.45, 7) is 1.32. The minimum atomic E-state index is -5.08. The minimum Gasteiger partial charge on any atom is -0.435 e. The van der Waals surface area contributed by atoms with Gasteiger partial charge in [-0.1, -0.05) is 46.9 Å². The summed E-state index contributed by atoms with van der Waals surface area (Å²) >= 11 is 17.6. The van der Waals surface area contributed by atoms with Gasteiger partial charge in [0.1, 0.15) is 5.75 Å². The largest absolute Gasteiger partial charge is 0.468 e. The van der Waals surface area contributed by atoms with E-state index in [1.165, 1.54) is 43.3 Å². The molecule has 0 aromatic heterocycles. The first-order chi connectivity index (χ1) is 13.4. The minimum absolute atomic E-state index is 0.0370. The molecule has 2 aromatic rings. The summed E-state index contributed by atoms with van der Waals surface area (Å²) < 4.78 is 53.8. The lowest BCUT2D eigenvalue weighted by Gasteiger charge is -2.30. The summed E-state index contributed by atoms with van der Waals surface area (Å²) in [5.74, 6) is -4.88. The molecule has 0 saturated carbocycles. The van der Waals surface area contributed by atoms with Crippen LogP contribution in [0.5, 0.6) is 17.2 Å². The van der Waals surface area contributed by atoms with E-state index in [0.29, 0.717) is 5.56 Å². The second-order valence-corrected chi connectivity index (χ2v) is 8.11. The number of Topliss-reactive ketones (excluding diaryl/α,β-unsaturated/α-hetero) is 1. The van der Waals surface area contributed by atoms with Crippen molar-refractivity contribution in [1.82, 2.24) is 0 Å². The van der Waals surface area contributed by atoms with E-state index in [-0.39, 0.29) is 23.0 Å². The van der Waals surface area contributed by atoms with Crippen molar-refractivity contribution in [3.8, 4) is 17.2 Å². The van der Waals surface area contributed by atoms with Crippen LogP contribution in [0.15, 0.2) is 53.5 Å². The fourth-order valence-corrected chi connectivity index (χ4v) is 2.67. The predicted octanol–water partition coefficient (Wildman–Crippen LogP) is 5.72. The molecule has 0 atom stereocenters. The first-order valence-electron chi connectivity index (χ1n) is 7.91. The normalized spacial score (nSPS) is 15.9. The highest BCUT2D eigenvalue weighted by molar-refractivity contribution is 6.68. The van der Waals surface area contributed by atoms with Gasteiger partial charge in [0.05, 0.1) is 0 Å². The molecule has 0 radical (unpaired) electrons. The number of aliphatic imine (C=N–C) groups is 1. The summed E-state index contributed by atoms with van der Waals surface area (Å²) in [5.41, 5.74) is 0.290. The highest BCUT2D eigenvalue weighted by atomic mass is 35.6. The number of carbonyl (C=O) groups excluding carboxylic acids is 1. The molecular formula is C18H11Cl3F3NO4. The van der Waals surface area contributed by atoms with Crippen molar-refractivity contribution in [2.24, 2.45) is 4.99 Å². The number of para-hydroxylation sites is 2. The second kappa shape index (κ2) is 7.59. The van der Waals surface area contributed by atoms with Crippen molar-refractivity contribution in [3.05, 3.63) is 54.1 Å². The van der Waals surface area contributed by atoms with Gasteiger partial charge in [0.25, 0.3) is 3.79 Å². The summed E-state index contributed by atoms with van der Waals surface area (Å²) in [5, 5.41) is 0. The van der Waals surface area contributed by atoms with Crippen LogP contribution < -0.4 is 14.2 Å². The van der Waals surface area contributed by atoms with Crippen LogP contribution in [0.25, 0.3) is 0 Å². The smallest absolute Gasteiger partial charge is 0.435 e. The highest BCUT2D eigenvalue weighted by Crippen LogP contribution is 2.50. The molecule has 3 rings (SSSR count). The lowest BCUT2D eigenvalue weighted by Crippen LogP contribution is -2.51. The molecule has 0 aliphatic carbocycles. The standard InChI is InChI=1S/C18H11Cl3F3NO4/c1-10(26)11-6-8-12(9-7-11)27-15(16(22,23)24)25-18(17(19,20)21)28-13-4-2-3-5-14(13)29-18/h2-9H,1H3/b25-15-. The molecule has 0 saturated heterocycles. The zero-order chi connectivity index (χ0) is 21.4. The molecule has 1 heterocycles. The van der Waals surface area contributed by atoms with Crippen molar-refractivity contribution in [1.29, 1.82) is 0 Å². The second-order valence-electron chi connectivity index (χ2n) is 5.83. The molecule has 1 aliphatic heterocycles. The number of carbonyl (C=O) groups is 1. The fraction of sp³-hybridized carbons (Fsp3) is 0.222. The number of nitrogens with zero attached hydrogens (tertiary/aromatic N) is 1. The first kappa shape index (κ1) is 21.5. The Morgan fingerprint density at radius 2 is 1.52 bits per heavy atom. The Bertz CT molecular complexity index is 931. The molecule has 0 amide bonds. The number of fused-ring (bicyclic) bond motifs is 1. The van der Waals surface area contributed by atoms with Gasteiger partial charge in [-0.25, -0.2) is 0 Å². The molecule has 0 unspecified atom stereocenters. The van der Waals surface area contributed by atoms with E-state index in [1.54, 1.807) is 12.1 Å². The van der Waals surface area contributed by atoms with Crippen LogP contribution in [0.1, 0.15) is 17.3 Å². The Balaban J connectivity index is 2.01. The van der Waals surface area contributed by atoms with Gasteiger partial charge in [-0.15, -0.1) is 0 Å². The number of hydrogen-bond donors (Lipinski definition) is 0. The van der Waals surface area contributed by atoms with E-state index < -0.39 is 21.8 Å². The maximum atomic E-state index is 13.6. The Kier molecular flexibility index (Phi) is 5.64. The zero-order valence-corrected chi connectivity index (χ0v) is 16.7. The van der Waals surface area contributed by atoms with Crippen molar-refractivity contribution in [2.45, 2.75) is 22.8 Å². The topological polar surface area (TPSA) is 57.1 Å². The third kappa shape index (κ3) is 4.55. The molecular weight excluding hydrogens is 458 g/mol. The van der Waals surface area contributed by atoms with Gasteiger partial charge in [0.15, 0.2) is 17.3 Å². The van der Waals surface area contributed by atoms with E-state index in [2.05, 4.69) is 4.99 Å². The average Bonchev–Trinajstić information content (AvgIpc) is 3.00. The molecule has 0 fully saturated rings. The van der Waals surface area contributed by atoms with Crippen LogP contribution in [0.2, 0.25) is 0 Å². The van der Waals surface area contributed by atoms with Gasteiger partial charge in [-0.3, -0.25) is 4.79 Å². The van der Waals surface area contributed by atoms with E-state index in [4.69, 9.17) is 49.0 Å². The molecule has 0 bridgehead atoms. The van der Waals surface area contributed by atoms with Gasteiger partial charge < -0.3 is 14.2 Å². The molecule has 154 valence electrons. The van der Waals surface area contributed by atoms with Gasteiger partial charge >= 0.3 is 18.0 Å². The fourth-order valence-electron chi connectivity index (χ4n) is 2.31. The molecule has 0 N–H and O–H groups in total. The van der Waals surface area contributed by atoms with Crippen LogP contribution in [-0.2, 0) is 0 Å². The number of halogens is 6. The van der Waals surface area contributed by atoms with Gasteiger partial charge in [0, 0.05) is 5.56 Å². The summed E-state index contributed by atoms with van der Waals surface area (Å²) in [7, 11) is 0. The number of hydrogen-bond acceptors (Lipinski definition) is 5. The number of ketones is 1. The van der Waals surface area contributed by atoms with Crippen molar-refractivity contribution in [2.75, 3.05) is 0 Å². The van der Waals surface area contributed by atoms with Gasteiger partial charge in [-0.05, 0) is 43.3 Å². The van der Waals surface area contributed by atoms with Crippen LogP contribution >= 0.6 is 34.8 Å². The highest BCUT2D eigenvalue weighted by Gasteiger charge is 2.60. The van der Waals surface area contributed by atoms with Crippen LogP contribution in [0.3, 0.4) is 0 Å². The maximum Gasteiger partial charge on any atom is 0.468 e. The maximum absolute atomic E-state index is 13.6. The number of ether oxygens (including phenoxy) is 3. The Hall–Kier alpha value is -2.16. The number of benzene rings is 2. The molecule has 29 heavy (non-hydrogen) atoms. The van der Waals surface area contributed by atoms with Crippen LogP contribution in [0.4, 0.5) is 13.2 Å². The van der Waals surface area contributed by atoms with Crippen LogP contribution in [0, 0.1) is 0 Å². The van der Waals surface area contributed by atoms with E-state index >= 15 is 0 Å². The molecule has 0 spiro atoms. The Morgan fingerprint density at radius 1 is 1.00 bits per heavy atom. The van der Waals surface area contributed by atoms with E-state index in [1.807, 2.05) is 0 Å². The quantitative estimate of drug-likeness (QED) is 0.250. The summed E-state index contributed by atoms with van der Waals surface area (Å²) in [6, 6.07) is 10.9. The summed E-state index contributed by atoms with van der Waals surface area (Å²) in [4.78, 5) is 14.7. The lowest BCUT2D eigenvalue weighted by molar-refractivity contribution is -0.0911. The van der Waals surface area contributed by atoms with E-state index in [9.17, 15) is 18.0 Å². The molecule has 1 aliphatic rings. The monoisotopic (exact) mass is 467 g/mol. The van der Waals surface area contributed by atoms with Crippen molar-refractivity contribution < 1.29 is 32.2 Å².